The molecule has 186 valence electrons. The zero-order chi connectivity index (χ0) is 25.2. The Morgan fingerprint density at radius 1 is 1.14 bits per heavy atom. The number of ether oxygens (including phenoxy) is 1. The molecule has 35 heavy (non-hydrogen) atoms. The molecular formula is C25H29N3O5S2. The van der Waals surface area contributed by atoms with Gasteiger partial charge in [0.25, 0.3) is 5.91 Å². The maximum atomic E-state index is 13.2. The Bertz CT molecular complexity index is 1420. The monoisotopic (exact) mass is 515 g/mol. The molecule has 0 spiro atoms. The molecule has 0 N–H and O–H groups in total. The van der Waals surface area contributed by atoms with Crippen LogP contribution >= 0.6 is 11.3 Å². The molecule has 1 aliphatic rings. The second-order valence-electron chi connectivity index (χ2n) is 8.58. The molecule has 0 saturated carbocycles. The van der Waals surface area contributed by atoms with E-state index < -0.39 is 21.9 Å². The number of methoxy groups -OCH3 is 1. The van der Waals surface area contributed by atoms with Crippen LogP contribution in [0.15, 0.2) is 52.4 Å². The van der Waals surface area contributed by atoms with E-state index in [1.54, 1.807) is 8.87 Å². The van der Waals surface area contributed by atoms with Gasteiger partial charge in [-0.25, -0.2) is 8.42 Å². The number of amides is 1. The normalized spacial score (nSPS) is 17.6. The zero-order valence-corrected chi connectivity index (χ0v) is 21.7. The molecule has 0 radical (unpaired) electrons. The van der Waals surface area contributed by atoms with E-state index in [2.05, 4.69) is 4.99 Å². The number of carbonyl (C=O) groups excluding carboxylic acids is 2. The van der Waals surface area contributed by atoms with Gasteiger partial charge in [0.1, 0.15) is 6.54 Å². The standard InChI is InChI=1S/C25H29N3O5S2/c1-4-19-9-5-6-15-28(19)35(31,32)20-13-11-18(12-14-20)24(30)26-25-27(16-22(29)33-3)23-17(2)8-7-10-21(23)34-25/h7-8,10-14,19H,4-6,9,15-16H2,1-3H3. The molecule has 4 rings (SSSR count). The topological polar surface area (TPSA) is 98.0 Å². The number of benzene rings is 2. The van der Waals surface area contributed by atoms with E-state index in [9.17, 15) is 18.0 Å². The number of esters is 1. The highest BCUT2D eigenvalue weighted by molar-refractivity contribution is 7.89. The largest absolute Gasteiger partial charge is 0.468 e. The van der Waals surface area contributed by atoms with Gasteiger partial charge in [0.2, 0.25) is 10.0 Å². The Balaban J connectivity index is 1.67. The molecule has 1 amide bonds. The van der Waals surface area contributed by atoms with Crippen LogP contribution in [0.1, 0.15) is 48.5 Å². The van der Waals surface area contributed by atoms with E-state index in [4.69, 9.17) is 4.74 Å². The lowest BCUT2D eigenvalue weighted by Crippen LogP contribution is -2.43. The third-order valence-electron chi connectivity index (χ3n) is 6.37. The minimum atomic E-state index is -3.63. The van der Waals surface area contributed by atoms with Gasteiger partial charge in [-0.1, -0.05) is 36.8 Å². The molecule has 1 atom stereocenters. The van der Waals surface area contributed by atoms with Crippen LogP contribution in [0.5, 0.6) is 0 Å². The van der Waals surface area contributed by atoms with Crippen molar-refractivity contribution in [3.05, 3.63) is 58.4 Å². The molecular weight excluding hydrogens is 486 g/mol. The molecule has 0 aliphatic carbocycles. The first-order valence-corrected chi connectivity index (χ1v) is 13.9. The van der Waals surface area contributed by atoms with Crippen LogP contribution in [0, 0.1) is 6.92 Å². The van der Waals surface area contributed by atoms with Gasteiger partial charge in [-0.2, -0.15) is 9.30 Å². The molecule has 1 saturated heterocycles. The fourth-order valence-electron chi connectivity index (χ4n) is 4.49. The zero-order valence-electron chi connectivity index (χ0n) is 20.1. The molecule has 8 nitrogen and oxygen atoms in total. The Morgan fingerprint density at radius 2 is 1.89 bits per heavy atom. The predicted octanol–water partition coefficient (Wildman–Crippen LogP) is 3.88. The maximum absolute atomic E-state index is 13.2. The first-order valence-electron chi connectivity index (χ1n) is 11.6. The number of rotatable bonds is 6. The fraction of sp³-hybridized carbons (Fsp3) is 0.400. The summed E-state index contributed by atoms with van der Waals surface area (Å²) in [5.41, 5.74) is 2.05. The minimum absolute atomic E-state index is 0.00623. The number of para-hydroxylation sites is 1. The number of aryl methyl sites for hydroxylation is 1. The summed E-state index contributed by atoms with van der Waals surface area (Å²) in [6.07, 6.45) is 3.53. The van der Waals surface area contributed by atoms with Gasteiger partial charge < -0.3 is 9.30 Å². The van der Waals surface area contributed by atoms with Gasteiger partial charge >= 0.3 is 5.97 Å². The summed E-state index contributed by atoms with van der Waals surface area (Å²) in [6.45, 7) is 4.38. The van der Waals surface area contributed by atoms with Gasteiger partial charge in [-0.05, 0) is 62.1 Å². The molecule has 1 unspecified atom stereocenters. The van der Waals surface area contributed by atoms with Crippen LogP contribution < -0.4 is 4.80 Å². The summed E-state index contributed by atoms with van der Waals surface area (Å²) in [5.74, 6) is -0.958. The van der Waals surface area contributed by atoms with Crippen molar-refractivity contribution in [2.24, 2.45) is 4.99 Å². The lowest BCUT2D eigenvalue weighted by molar-refractivity contribution is -0.141. The number of sulfonamides is 1. The average molecular weight is 516 g/mol. The molecule has 2 heterocycles. The number of carbonyl (C=O) groups is 2. The first kappa shape index (κ1) is 25.3. The van der Waals surface area contributed by atoms with E-state index in [0.717, 1.165) is 41.5 Å². The minimum Gasteiger partial charge on any atom is -0.468 e. The molecule has 0 bridgehead atoms. The fourth-order valence-corrected chi connectivity index (χ4v) is 7.36. The second kappa shape index (κ2) is 10.4. The van der Waals surface area contributed by atoms with Gasteiger partial charge in [0, 0.05) is 18.2 Å². The number of hydrogen-bond acceptors (Lipinski definition) is 6. The molecule has 1 aromatic heterocycles. The SMILES string of the molecule is CCC1CCCCN1S(=O)(=O)c1ccc(C(=O)N=c2sc3cccc(C)c3n2CC(=O)OC)cc1. The number of fused-ring (bicyclic) bond motifs is 1. The summed E-state index contributed by atoms with van der Waals surface area (Å²) < 4.78 is 35.4. The van der Waals surface area contributed by atoms with Crippen LogP contribution in [0.4, 0.5) is 0 Å². The van der Waals surface area contributed by atoms with Crippen molar-refractivity contribution in [1.82, 2.24) is 8.87 Å². The van der Waals surface area contributed by atoms with Gasteiger partial charge in [-0.3, -0.25) is 9.59 Å². The van der Waals surface area contributed by atoms with Crippen molar-refractivity contribution in [2.45, 2.75) is 57.0 Å². The Kier molecular flexibility index (Phi) is 7.53. The predicted molar refractivity (Wildman–Crippen MR) is 135 cm³/mol. The highest BCUT2D eigenvalue weighted by Gasteiger charge is 2.32. The maximum Gasteiger partial charge on any atom is 0.325 e. The van der Waals surface area contributed by atoms with Crippen molar-refractivity contribution in [2.75, 3.05) is 13.7 Å². The van der Waals surface area contributed by atoms with Crippen LogP contribution in [-0.2, 0) is 26.1 Å². The highest BCUT2D eigenvalue weighted by atomic mass is 32.2. The Morgan fingerprint density at radius 3 is 2.57 bits per heavy atom. The third-order valence-corrected chi connectivity index (χ3v) is 9.38. The van der Waals surface area contributed by atoms with Crippen molar-refractivity contribution in [1.29, 1.82) is 0 Å². The van der Waals surface area contributed by atoms with Crippen LogP contribution in [0.2, 0.25) is 0 Å². The van der Waals surface area contributed by atoms with Crippen molar-refractivity contribution in [3.63, 3.8) is 0 Å². The van der Waals surface area contributed by atoms with E-state index in [0.29, 0.717) is 11.3 Å². The van der Waals surface area contributed by atoms with Crippen molar-refractivity contribution in [3.8, 4) is 0 Å². The molecule has 2 aromatic carbocycles. The lowest BCUT2D eigenvalue weighted by atomic mass is 10.0. The highest BCUT2D eigenvalue weighted by Crippen LogP contribution is 2.27. The average Bonchev–Trinajstić information content (AvgIpc) is 3.21. The summed E-state index contributed by atoms with van der Waals surface area (Å²) in [5, 5.41) is 0. The summed E-state index contributed by atoms with van der Waals surface area (Å²) >= 11 is 1.31. The third kappa shape index (κ3) is 5.10. The summed E-state index contributed by atoms with van der Waals surface area (Å²) in [6, 6.07) is 11.7. The van der Waals surface area contributed by atoms with Crippen molar-refractivity contribution >= 4 is 43.5 Å². The van der Waals surface area contributed by atoms with Crippen molar-refractivity contribution < 1.29 is 22.7 Å². The number of thiazole rings is 1. The summed E-state index contributed by atoms with van der Waals surface area (Å²) in [7, 11) is -2.32. The van der Waals surface area contributed by atoms with Gasteiger partial charge in [0.05, 0.1) is 22.2 Å². The van der Waals surface area contributed by atoms with Crippen LogP contribution in [-0.4, -0.2) is 48.9 Å². The molecule has 1 aliphatic heterocycles. The van der Waals surface area contributed by atoms with Crippen LogP contribution in [0.3, 0.4) is 0 Å². The lowest BCUT2D eigenvalue weighted by Gasteiger charge is -2.34. The number of aromatic nitrogens is 1. The Labute approximate surface area is 208 Å². The van der Waals surface area contributed by atoms with Crippen LogP contribution in [0.25, 0.3) is 10.2 Å². The number of nitrogens with zero attached hydrogens (tertiary/aromatic N) is 3. The van der Waals surface area contributed by atoms with E-state index in [1.807, 2.05) is 32.0 Å². The van der Waals surface area contributed by atoms with E-state index >= 15 is 0 Å². The summed E-state index contributed by atoms with van der Waals surface area (Å²) in [4.78, 5) is 29.8. The quantitative estimate of drug-likeness (QED) is 0.464. The Hall–Kier alpha value is -2.82. The molecule has 10 heteroatoms. The van der Waals surface area contributed by atoms with E-state index in [-0.39, 0.29) is 23.0 Å². The number of piperidine rings is 1. The van der Waals surface area contributed by atoms with Gasteiger partial charge in [0.15, 0.2) is 4.80 Å². The van der Waals surface area contributed by atoms with Gasteiger partial charge in [-0.15, -0.1) is 0 Å². The van der Waals surface area contributed by atoms with E-state index in [1.165, 1.54) is 42.7 Å². The molecule has 3 aromatic rings. The molecule has 1 fully saturated rings. The number of hydrogen-bond donors (Lipinski definition) is 0. The first-order chi connectivity index (χ1) is 16.8. The smallest absolute Gasteiger partial charge is 0.325 e. The second-order valence-corrected chi connectivity index (χ2v) is 11.5.